The number of sulfonamides is 1. The van der Waals surface area contributed by atoms with E-state index >= 15 is 0 Å². The van der Waals surface area contributed by atoms with Crippen molar-refractivity contribution in [1.29, 1.82) is 0 Å². The predicted octanol–water partition coefficient (Wildman–Crippen LogP) is 3.20. The monoisotopic (exact) mass is 462 g/mol. The smallest absolute Gasteiger partial charge is 0.333 e. The summed E-state index contributed by atoms with van der Waals surface area (Å²) >= 11 is 6.63. The fourth-order valence-corrected chi connectivity index (χ4v) is 6.62. The van der Waals surface area contributed by atoms with Crippen molar-refractivity contribution < 1.29 is 17.9 Å². The van der Waals surface area contributed by atoms with E-state index in [0.717, 1.165) is 84.3 Å². The number of hydrogen-bond acceptors (Lipinski definition) is 5. The van der Waals surface area contributed by atoms with Crippen LogP contribution in [-0.4, -0.2) is 30.8 Å². The summed E-state index contributed by atoms with van der Waals surface area (Å²) in [5.41, 5.74) is 5.10. The zero-order valence-electron chi connectivity index (χ0n) is 17.0. The molecule has 1 aliphatic heterocycles. The first-order valence-electron chi connectivity index (χ1n) is 10.7. The van der Waals surface area contributed by atoms with E-state index in [2.05, 4.69) is 15.1 Å². The number of benzene rings is 1. The number of nitrogens with zero attached hydrogens (tertiary/aromatic N) is 2. The molecule has 1 aromatic carbocycles. The summed E-state index contributed by atoms with van der Waals surface area (Å²) < 4.78 is 35.3. The molecule has 8 nitrogen and oxygen atoms in total. The van der Waals surface area contributed by atoms with Crippen LogP contribution in [0.5, 0.6) is 5.88 Å². The first kappa shape index (κ1) is 19.4. The van der Waals surface area contributed by atoms with Gasteiger partial charge in [0.25, 0.3) is 10.0 Å². The lowest BCUT2D eigenvalue weighted by Gasteiger charge is -2.24. The zero-order chi connectivity index (χ0) is 21.4. The van der Waals surface area contributed by atoms with Gasteiger partial charge in [-0.1, -0.05) is 11.6 Å². The number of aromatic nitrogens is 2. The lowest BCUT2D eigenvalue weighted by atomic mass is 9.98. The molecular weight excluding hydrogens is 440 g/mol. The molecule has 31 heavy (non-hydrogen) atoms. The lowest BCUT2D eigenvalue weighted by molar-refractivity contribution is 0.144. The Balaban J connectivity index is 1.27. The van der Waals surface area contributed by atoms with Crippen LogP contribution in [0.15, 0.2) is 11.1 Å². The molecule has 1 spiro atoms. The quantitative estimate of drug-likeness (QED) is 0.729. The van der Waals surface area contributed by atoms with Crippen molar-refractivity contribution in [2.75, 3.05) is 11.9 Å². The van der Waals surface area contributed by atoms with Crippen LogP contribution in [-0.2, 0) is 42.3 Å². The van der Waals surface area contributed by atoms with E-state index in [1.807, 2.05) is 0 Å². The molecule has 0 atom stereocenters. The maximum atomic E-state index is 12.9. The summed E-state index contributed by atoms with van der Waals surface area (Å²) in [5, 5.41) is 7.84. The van der Waals surface area contributed by atoms with Crippen LogP contribution in [0, 0.1) is 5.41 Å². The second-order valence-corrected chi connectivity index (χ2v) is 11.2. The fraction of sp³-hybridized carbons (Fsp3) is 0.524. The molecule has 0 bridgehead atoms. The van der Waals surface area contributed by atoms with Crippen LogP contribution in [0.2, 0.25) is 5.02 Å². The first-order valence-corrected chi connectivity index (χ1v) is 12.6. The summed E-state index contributed by atoms with van der Waals surface area (Å²) in [5.74, 6) is 0.200. The Morgan fingerprint density at radius 1 is 1.10 bits per heavy atom. The van der Waals surface area contributed by atoms with E-state index < -0.39 is 16.1 Å². The van der Waals surface area contributed by atoms with Gasteiger partial charge in [-0.05, 0) is 73.6 Å². The van der Waals surface area contributed by atoms with Gasteiger partial charge in [0.05, 0.1) is 19.3 Å². The molecule has 2 N–H and O–H groups in total. The normalized spacial score (nSPS) is 20.0. The van der Waals surface area contributed by atoms with E-state index in [-0.39, 0.29) is 16.2 Å². The Kier molecular flexibility index (Phi) is 4.15. The Bertz CT molecular complexity index is 1200. The van der Waals surface area contributed by atoms with Gasteiger partial charge in [0.1, 0.15) is 0 Å². The molecule has 1 aromatic heterocycles. The number of halogens is 1. The number of anilines is 1. The standard InChI is InChI=1S/C21H23ClN4O4S/c22-17-12-3-1-5-14(12)18(15-6-2-4-13(15)17)24-20(27)25-31(28,29)16-9-23-26-10-21(7-8-21)11-30-19(16)26/h9H,1-8,10-11H2,(H2,24,25,27). The van der Waals surface area contributed by atoms with Gasteiger partial charge in [0, 0.05) is 16.1 Å². The molecule has 6 rings (SSSR count). The average molecular weight is 463 g/mol. The third kappa shape index (κ3) is 3.04. The van der Waals surface area contributed by atoms with Crippen molar-refractivity contribution in [2.24, 2.45) is 5.41 Å². The Morgan fingerprint density at radius 2 is 1.74 bits per heavy atom. The summed E-state index contributed by atoms with van der Waals surface area (Å²) in [7, 11) is -4.13. The SMILES string of the molecule is O=C(Nc1c2c(c(Cl)c3c1CCC3)CCC2)NS(=O)(=O)c1cnn2c1OCC1(CC1)C2. The van der Waals surface area contributed by atoms with Gasteiger partial charge in [-0.2, -0.15) is 5.10 Å². The Labute approximate surface area is 185 Å². The van der Waals surface area contributed by atoms with E-state index in [1.54, 1.807) is 4.68 Å². The molecular formula is C21H23ClN4O4S. The van der Waals surface area contributed by atoms with Crippen molar-refractivity contribution >= 4 is 33.3 Å². The van der Waals surface area contributed by atoms with E-state index in [9.17, 15) is 13.2 Å². The minimum Gasteiger partial charge on any atom is -0.476 e. The highest BCUT2D eigenvalue weighted by atomic mass is 35.5. The number of fused-ring (bicyclic) bond motifs is 3. The molecule has 0 saturated heterocycles. The van der Waals surface area contributed by atoms with Crippen molar-refractivity contribution in [2.45, 2.75) is 62.8 Å². The number of rotatable bonds is 3. The van der Waals surface area contributed by atoms with Crippen LogP contribution in [0.3, 0.4) is 0 Å². The third-order valence-corrected chi connectivity index (χ3v) is 8.81. The van der Waals surface area contributed by atoms with Crippen LogP contribution in [0.25, 0.3) is 0 Å². The van der Waals surface area contributed by atoms with Crippen LogP contribution < -0.4 is 14.8 Å². The number of ether oxygens (including phenoxy) is 1. The Morgan fingerprint density at radius 3 is 2.39 bits per heavy atom. The van der Waals surface area contributed by atoms with E-state index in [4.69, 9.17) is 16.3 Å². The molecule has 1 saturated carbocycles. The minimum atomic E-state index is -4.13. The van der Waals surface area contributed by atoms with Crippen molar-refractivity contribution in [3.05, 3.63) is 33.5 Å². The van der Waals surface area contributed by atoms with Gasteiger partial charge in [-0.15, -0.1) is 0 Å². The van der Waals surface area contributed by atoms with Crippen molar-refractivity contribution in [1.82, 2.24) is 14.5 Å². The molecule has 2 aromatic rings. The minimum absolute atomic E-state index is 0.0974. The second-order valence-electron chi connectivity index (χ2n) is 9.13. The summed E-state index contributed by atoms with van der Waals surface area (Å²) in [4.78, 5) is 12.7. The topological polar surface area (TPSA) is 102 Å². The molecule has 0 radical (unpaired) electrons. The van der Waals surface area contributed by atoms with Gasteiger partial charge in [0.15, 0.2) is 4.90 Å². The molecule has 3 aliphatic carbocycles. The molecule has 10 heteroatoms. The molecule has 2 heterocycles. The van der Waals surface area contributed by atoms with Gasteiger partial charge in [0.2, 0.25) is 5.88 Å². The van der Waals surface area contributed by atoms with E-state index in [1.165, 1.54) is 6.20 Å². The Hall–Kier alpha value is -2.26. The average Bonchev–Trinajstić information content (AvgIpc) is 3.18. The number of carbonyl (C=O) groups excluding carboxylic acids is 1. The largest absolute Gasteiger partial charge is 0.476 e. The van der Waals surface area contributed by atoms with Crippen molar-refractivity contribution in [3.8, 4) is 5.88 Å². The summed E-state index contributed by atoms with van der Waals surface area (Å²) in [6.07, 6.45) is 8.77. The number of carbonyl (C=O) groups is 1. The predicted molar refractivity (Wildman–Crippen MR) is 114 cm³/mol. The maximum absolute atomic E-state index is 12.9. The lowest BCUT2D eigenvalue weighted by Crippen LogP contribution is -2.35. The molecule has 2 amide bonds. The molecule has 1 fully saturated rings. The number of urea groups is 1. The van der Waals surface area contributed by atoms with Gasteiger partial charge >= 0.3 is 6.03 Å². The van der Waals surface area contributed by atoms with Crippen LogP contribution in [0.4, 0.5) is 10.5 Å². The van der Waals surface area contributed by atoms with Gasteiger partial charge in [-0.25, -0.2) is 22.6 Å². The number of hydrogen-bond donors (Lipinski definition) is 2. The van der Waals surface area contributed by atoms with Crippen LogP contribution in [0.1, 0.15) is 47.9 Å². The number of amides is 2. The highest BCUT2D eigenvalue weighted by Gasteiger charge is 2.48. The highest BCUT2D eigenvalue weighted by Crippen LogP contribution is 2.50. The fourth-order valence-electron chi connectivity index (χ4n) is 5.22. The maximum Gasteiger partial charge on any atom is 0.333 e. The van der Waals surface area contributed by atoms with E-state index in [0.29, 0.717) is 13.2 Å². The molecule has 0 unspecified atom stereocenters. The van der Waals surface area contributed by atoms with Crippen molar-refractivity contribution in [3.63, 3.8) is 0 Å². The van der Waals surface area contributed by atoms with Gasteiger partial charge < -0.3 is 10.1 Å². The third-order valence-electron chi connectivity index (χ3n) is 7.04. The zero-order valence-corrected chi connectivity index (χ0v) is 18.5. The number of nitrogens with one attached hydrogen (secondary N) is 2. The molecule has 164 valence electrons. The first-order chi connectivity index (χ1) is 14.9. The molecule has 4 aliphatic rings. The van der Waals surface area contributed by atoms with Gasteiger partial charge in [-0.3, -0.25) is 0 Å². The summed E-state index contributed by atoms with van der Waals surface area (Å²) in [6.45, 7) is 1.13. The summed E-state index contributed by atoms with van der Waals surface area (Å²) in [6, 6.07) is -0.778. The second kappa shape index (κ2) is 6.62. The van der Waals surface area contributed by atoms with Crippen LogP contribution >= 0.6 is 11.6 Å². The highest BCUT2D eigenvalue weighted by molar-refractivity contribution is 7.90.